The van der Waals surface area contributed by atoms with E-state index in [1.807, 2.05) is 6.20 Å². The Hall–Kier alpha value is -1.44. The number of dihydropyridines is 1. The van der Waals surface area contributed by atoms with E-state index in [-0.39, 0.29) is 0 Å². The van der Waals surface area contributed by atoms with Gasteiger partial charge in [0, 0.05) is 6.20 Å². The van der Waals surface area contributed by atoms with Crippen LogP contribution in [0.2, 0.25) is 0 Å². The van der Waals surface area contributed by atoms with Crippen molar-refractivity contribution < 1.29 is 0 Å². The van der Waals surface area contributed by atoms with Crippen LogP contribution >= 0.6 is 0 Å². The zero-order chi connectivity index (χ0) is 11.7. The van der Waals surface area contributed by atoms with Crippen LogP contribution in [0.15, 0.2) is 29.4 Å². The Kier molecular flexibility index (Phi) is 2.90. The molecule has 84 valence electrons. The molecule has 1 aromatic rings. The van der Waals surface area contributed by atoms with Crippen LogP contribution in [0.4, 0.5) is 0 Å². The molecular formula is C14H18N2. The predicted octanol–water partition coefficient (Wildman–Crippen LogP) is 3.08. The van der Waals surface area contributed by atoms with E-state index < -0.39 is 0 Å². The maximum Gasteiger partial charge on any atom is 0.0884 e. The van der Waals surface area contributed by atoms with Gasteiger partial charge in [-0.3, -0.25) is 9.98 Å². The van der Waals surface area contributed by atoms with Crippen LogP contribution in [0.5, 0.6) is 0 Å². The van der Waals surface area contributed by atoms with E-state index in [9.17, 15) is 0 Å². The third-order valence-corrected chi connectivity index (χ3v) is 3.30. The van der Waals surface area contributed by atoms with Gasteiger partial charge in [0.05, 0.1) is 17.4 Å². The maximum absolute atomic E-state index is 4.67. The molecule has 1 aromatic heterocycles. The fraction of sp³-hybridized carbons (Fsp3) is 0.429. The van der Waals surface area contributed by atoms with Gasteiger partial charge in [0.15, 0.2) is 0 Å². The Labute approximate surface area is 97.1 Å². The highest BCUT2D eigenvalue weighted by atomic mass is 14.8. The Morgan fingerprint density at radius 2 is 1.88 bits per heavy atom. The van der Waals surface area contributed by atoms with Crippen LogP contribution in [-0.4, -0.2) is 16.7 Å². The first-order valence-electron chi connectivity index (χ1n) is 5.77. The summed E-state index contributed by atoms with van der Waals surface area (Å²) in [6.45, 7) is 8.53. The SMILES string of the molecule is Cc1cnc(C2=N[C@@H](C)[C@@H](C)C=C2)cc1C. The Bertz CT molecular complexity index is 458. The molecule has 0 saturated carbocycles. The van der Waals surface area contributed by atoms with Crippen molar-refractivity contribution in [2.75, 3.05) is 0 Å². The second kappa shape index (κ2) is 4.20. The van der Waals surface area contributed by atoms with Gasteiger partial charge >= 0.3 is 0 Å². The van der Waals surface area contributed by atoms with Gasteiger partial charge in [-0.1, -0.05) is 13.0 Å². The average molecular weight is 214 g/mol. The largest absolute Gasteiger partial charge is 0.279 e. The number of aryl methyl sites for hydroxylation is 2. The van der Waals surface area contributed by atoms with Gasteiger partial charge < -0.3 is 0 Å². The molecule has 1 aliphatic rings. The van der Waals surface area contributed by atoms with E-state index in [0.717, 1.165) is 11.4 Å². The molecule has 2 heteroatoms. The quantitative estimate of drug-likeness (QED) is 0.705. The molecule has 0 aliphatic carbocycles. The highest BCUT2D eigenvalue weighted by molar-refractivity contribution is 6.08. The summed E-state index contributed by atoms with van der Waals surface area (Å²) in [5.41, 5.74) is 4.49. The van der Waals surface area contributed by atoms with Crippen LogP contribution in [0, 0.1) is 19.8 Å². The van der Waals surface area contributed by atoms with Gasteiger partial charge in [-0.15, -0.1) is 0 Å². The normalized spacial score (nSPS) is 24.4. The van der Waals surface area contributed by atoms with Gasteiger partial charge in [-0.2, -0.15) is 0 Å². The van der Waals surface area contributed by atoms with Crippen molar-refractivity contribution in [2.45, 2.75) is 33.7 Å². The highest BCUT2D eigenvalue weighted by Gasteiger charge is 2.15. The molecule has 0 saturated heterocycles. The van der Waals surface area contributed by atoms with Crippen molar-refractivity contribution in [1.29, 1.82) is 0 Å². The van der Waals surface area contributed by atoms with E-state index in [1.54, 1.807) is 0 Å². The third-order valence-electron chi connectivity index (χ3n) is 3.30. The monoisotopic (exact) mass is 214 g/mol. The first kappa shape index (κ1) is 11.1. The third kappa shape index (κ3) is 2.06. The lowest BCUT2D eigenvalue weighted by Crippen LogP contribution is -2.17. The zero-order valence-electron chi connectivity index (χ0n) is 10.4. The molecule has 0 bridgehead atoms. The Balaban J connectivity index is 2.35. The molecule has 1 aliphatic heterocycles. The standard InChI is InChI=1S/C14H18N2/c1-9-5-6-13(16-12(9)4)14-7-10(2)11(3)8-15-14/h5-9,12H,1-4H3/t9-,12-/m0/s1. The zero-order valence-corrected chi connectivity index (χ0v) is 10.4. The smallest absolute Gasteiger partial charge is 0.0884 e. The number of allylic oxidation sites excluding steroid dienone is 1. The molecule has 2 rings (SSSR count). The number of pyridine rings is 1. The molecule has 2 nitrogen and oxygen atoms in total. The number of rotatable bonds is 1. The van der Waals surface area contributed by atoms with Crippen molar-refractivity contribution in [1.82, 2.24) is 4.98 Å². The molecule has 2 heterocycles. The maximum atomic E-state index is 4.67. The number of nitrogens with zero attached hydrogens (tertiary/aromatic N) is 2. The molecular weight excluding hydrogens is 196 g/mol. The van der Waals surface area contributed by atoms with Crippen LogP contribution < -0.4 is 0 Å². The van der Waals surface area contributed by atoms with Crippen LogP contribution in [0.1, 0.15) is 30.7 Å². The summed E-state index contributed by atoms with van der Waals surface area (Å²) >= 11 is 0. The fourth-order valence-electron chi connectivity index (χ4n) is 1.70. The molecule has 0 amide bonds. The summed E-state index contributed by atoms with van der Waals surface area (Å²) < 4.78 is 0. The summed E-state index contributed by atoms with van der Waals surface area (Å²) in [6, 6.07) is 2.46. The second-order valence-electron chi connectivity index (χ2n) is 4.63. The predicted molar refractivity (Wildman–Crippen MR) is 68.0 cm³/mol. The summed E-state index contributed by atoms with van der Waals surface area (Å²) in [6.07, 6.45) is 6.22. The molecule has 0 unspecified atom stereocenters. The number of aliphatic imine (C=N–C) groups is 1. The van der Waals surface area contributed by atoms with Gasteiger partial charge in [0.2, 0.25) is 0 Å². The minimum absolute atomic E-state index is 0.350. The van der Waals surface area contributed by atoms with Crippen molar-refractivity contribution >= 4 is 5.71 Å². The molecule has 0 radical (unpaired) electrons. The van der Waals surface area contributed by atoms with E-state index >= 15 is 0 Å². The van der Waals surface area contributed by atoms with Crippen molar-refractivity contribution in [3.8, 4) is 0 Å². The van der Waals surface area contributed by atoms with Gasteiger partial charge in [-0.05, 0) is 50.0 Å². The van der Waals surface area contributed by atoms with Crippen molar-refractivity contribution in [3.63, 3.8) is 0 Å². The lowest BCUT2D eigenvalue weighted by atomic mass is 9.98. The van der Waals surface area contributed by atoms with E-state index in [1.165, 1.54) is 11.1 Å². The van der Waals surface area contributed by atoms with E-state index in [4.69, 9.17) is 0 Å². The fourth-order valence-corrected chi connectivity index (χ4v) is 1.70. The molecule has 0 fully saturated rings. The number of hydrogen-bond donors (Lipinski definition) is 0. The number of hydrogen-bond acceptors (Lipinski definition) is 2. The molecule has 16 heavy (non-hydrogen) atoms. The van der Waals surface area contributed by atoms with Crippen LogP contribution in [-0.2, 0) is 0 Å². The topological polar surface area (TPSA) is 25.2 Å². The Morgan fingerprint density at radius 1 is 1.12 bits per heavy atom. The minimum Gasteiger partial charge on any atom is -0.279 e. The number of aromatic nitrogens is 1. The van der Waals surface area contributed by atoms with Gasteiger partial charge in [0.1, 0.15) is 0 Å². The highest BCUT2D eigenvalue weighted by Crippen LogP contribution is 2.17. The molecule has 0 N–H and O–H groups in total. The second-order valence-corrected chi connectivity index (χ2v) is 4.63. The van der Waals surface area contributed by atoms with Crippen molar-refractivity contribution in [2.24, 2.45) is 10.9 Å². The summed E-state index contributed by atoms with van der Waals surface area (Å²) in [5.74, 6) is 0.523. The minimum atomic E-state index is 0.350. The van der Waals surface area contributed by atoms with Gasteiger partial charge in [-0.25, -0.2) is 0 Å². The van der Waals surface area contributed by atoms with Gasteiger partial charge in [0.25, 0.3) is 0 Å². The summed E-state index contributed by atoms with van der Waals surface area (Å²) in [4.78, 5) is 9.11. The van der Waals surface area contributed by atoms with Crippen LogP contribution in [0.3, 0.4) is 0 Å². The summed E-state index contributed by atoms with van der Waals surface area (Å²) in [5, 5.41) is 0. The summed E-state index contributed by atoms with van der Waals surface area (Å²) in [7, 11) is 0. The first-order valence-corrected chi connectivity index (χ1v) is 5.77. The molecule has 0 aromatic carbocycles. The average Bonchev–Trinajstić information content (AvgIpc) is 2.26. The van der Waals surface area contributed by atoms with E-state index in [2.05, 4.69) is 55.9 Å². The lowest BCUT2D eigenvalue weighted by Gasteiger charge is -2.18. The molecule has 2 atom stereocenters. The first-order chi connectivity index (χ1) is 7.58. The van der Waals surface area contributed by atoms with Crippen molar-refractivity contribution in [3.05, 3.63) is 41.2 Å². The Morgan fingerprint density at radius 3 is 2.50 bits per heavy atom. The van der Waals surface area contributed by atoms with Crippen LogP contribution in [0.25, 0.3) is 0 Å². The van der Waals surface area contributed by atoms with E-state index in [0.29, 0.717) is 12.0 Å². The molecule has 0 spiro atoms. The lowest BCUT2D eigenvalue weighted by molar-refractivity contribution is 0.579.